The molecule has 1 atom stereocenters. The van der Waals surface area contributed by atoms with Gasteiger partial charge in [-0.2, -0.15) is 0 Å². The molecule has 0 saturated heterocycles. The molecule has 1 rings (SSSR count). The van der Waals surface area contributed by atoms with E-state index in [0.717, 1.165) is 29.1 Å². The molecule has 2 N–H and O–H groups in total. The van der Waals surface area contributed by atoms with Crippen LogP contribution in [0.3, 0.4) is 0 Å². The fourth-order valence-corrected chi connectivity index (χ4v) is 1.99. The Morgan fingerprint density at radius 2 is 2.00 bits per heavy atom. The summed E-state index contributed by atoms with van der Waals surface area (Å²) in [6, 6.07) is 6.14. The van der Waals surface area contributed by atoms with Gasteiger partial charge in [-0.15, -0.1) is 12.4 Å². The standard InChI is InChI=1S/C13H21ClN2.ClH/c1-4-5-6-13(15)11-8-7-10(16(2)3)9-12(11)14;/h7-9,13H,4-6,15H2,1-3H3;1H/t13-;/m0./s1. The molecular formula is C13H22Cl2N2. The highest BCUT2D eigenvalue weighted by molar-refractivity contribution is 6.31. The number of unbranched alkanes of at least 4 members (excludes halogenated alkanes) is 1. The molecule has 0 heterocycles. The summed E-state index contributed by atoms with van der Waals surface area (Å²) in [6.07, 6.45) is 3.31. The van der Waals surface area contributed by atoms with Crippen LogP contribution in [0.2, 0.25) is 5.02 Å². The first kappa shape index (κ1) is 16.6. The van der Waals surface area contributed by atoms with Gasteiger partial charge < -0.3 is 10.6 Å². The molecule has 0 aromatic heterocycles. The van der Waals surface area contributed by atoms with Gasteiger partial charge in [0.25, 0.3) is 0 Å². The Morgan fingerprint density at radius 3 is 2.47 bits per heavy atom. The van der Waals surface area contributed by atoms with E-state index < -0.39 is 0 Å². The van der Waals surface area contributed by atoms with Gasteiger partial charge in [-0.05, 0) is 24.1 Å². The molecule has 0 aliphatic heterocycles. The minimum Gasteiger partial charge on any atom is -0.378 e. The van der Waals surface area contributed by atoms with Crippen molar-refractivity contribution < 1.29 is 0 Å². The van der Waals surface area contributed by atoms with Crippen LogP contribution >= 0.6 is 24.0 Å². The lowest BCUT2D eigenvalue weighted by Gasteiger charge is -2.17. The maximum absolute atomic E-state index is 6.24. The summed E-state index contributed by atoms with van der Waals surface area (Å²) in [5.41, 5.74) is 8.27. The van der Waals surface area contributed by atoms with Crippen molar-refractivity contribution in [3.8, 4) is 0 Å². The van der Waals surface area contributed by atoms with Crippen LogP contribution in [-0.4, -0.2) is 14.1 Å². The van der Waals surface area contributed by atoms with Crippen LogP contribution in [0.15, 0.2) is 18.2 Å². The molecule has 1 aromatic rings. The molecule has 98 valence electrons. The summed E-state index contributed by atoms with van der Waals surface area (Å²) in [7, 11) is 4.00. The maximum Gasteiger partial charge on any atom is 0.0474 e. The Balaban J connectivity index is 0.00000256. The van der Waals surface area contributed by atoms with Crippen molar-refractivity contribution in [2.45, 2.75) is 32.2 Å². The van der Waals surface area contributed by atoms with E-state index in [1.54, 1.807) is 0 Å². The second-order valence-electron chi connectivity index (χ2n) is 4.35. The maximum atomic E-state index is 6.24. The van der Waals surface area contributed by atoms with Crippen molar-refractivity contribution in [3.63, 3.8) is 0 Å². The lowest BCUT2D eigenvalue weighted by molar-refractivity contribution is 0.603. The van der Waals surface area contributed by atoms with Gasteiger partial charge >= 0.3 is 0 Å². The molecule has 0 unspecified atom stereocenters. The number of halogens is 2. The van der Waals surface area contributed by atoms with E-state index >= 15 is 0 Å². The largest absolute Gasteiger partial charge is 0.378 e. The summed E-state index contributed by atoms with van der Waals surface area (Å²) < 4.78 is 0. The van der Waals surface area contributed by atoms with E-state index in [-0.39, 0.29) is 18.4 Å². The fourth-order valence-electron chi connectivity index (χ4n) is 1.67. The highest BCUT2D eigenvalue weighted by Crippen LogP contribution is 2.28. The quantitative estimate of drug-likeness (QED) is 0.880. The van der Waals surface area contributed by atoms with Gasteiger partial charge in [0.1, 0.15) is 0 Å². The number of nitrogens with zero attached hydrogens (tertiary/aromatic N) is 1. The third-order valence-electron chi connectivity index (χ3n) is 2.77. The smallest absolute Gasteiger partial charge is 0.0474 e. The van der Waals surface area contributed by atoms with E-state index in [9.17, 15) is 0 Å². The number of hydrogen-bond donors (Lipinski definition) is 1. The molecule has 1 aromatic carbocycles. The van der Waals surface area contributed by atoms with Crippen LogP contribution in [0.4, 0.5) is 5.69 Å². The fraction of sp³-hybridized carbons (Fsp3) is 0.538. The van der Waals surface area contributed by atoms with Gasteiger partial charge in [0.2, 0.25) is 0 Å². The summed E-state index contributed by atoms with van der Waals surface area (Å²) in [5.74, 6) is 0. The zero-order valence-electron chi connectivity index (χ0n) is 10.7. The Morgan fingerprint density at radius 1 is 1.35 bits per heavy atom. The molecule has 0 amide bonds. The number of anilines is 1. The molecule has 17 heavy (non-hydrogen) atoms. The van der Waals surface area contributed by atoms with Crippen LogP contribution < -0.4 is 10.6 Å². The number of nitrogens with two attached hydrogens (primary N) is 1. The molecule has 0 saturated carbocycles. The van der Waals surface area contributed by atoms with Crippen molar-refractivity contribution in [2.24, 2.45) is 5.73 Å². The van der Waals surface area contributed by atoms with Crippen molar-refractivity contribution in [1.29, 1.82) is 0 Å². The van der Waals surface area contributed by atoms with E-state index in [0.29, 0.717) is 0 Å². The van der Waals surface area contributed by atoms with Gasteiger partial charge in [-0.1, -0.05) is 37.4 Å². The monoisotopic (exact) mass is 276 g/mol. The molecule has 0 bridgehead atoms. The Hall–Kier alpha value is -0.440. The lowest BCUT2D eigenvalue weighted by Crippen LogP contribution is -2.12. The van der Waals surface area contributed by atoms with E-state index in [1.165, 1.54) is 6.42 Å². The van der Waals surface area contributed by atoms with E-state index in [1.807, 2.05) is 31.1 Å². The summed E-state index contributed by atoms with van der Waals surface area (Å²) in [4.78, 5) is 2.03. The van der Waals surface area contributed by atoms with Crippen molar-refractivity contribution in [3.05, 3.63) is 28.8 Å². The van der Waals surface area contributed by atoms with Gasteiger partial charge in [-0.25, -0.2) is 0 Å². The summed E-state index contributed by atoms with van der Waals surface area (Å²) in [6.45, 7) is 2.17. The van der Waals surface area contributed by atoms with Crippen LogP contribution in [0, 0.1) is 0 Å². The highest BCUT2D eigenvalue weighted by Gasteiger charge is 2.10. The normalized spacial score (nSPS) is 11.8. The zero-order valence-corrected chi connectivity index (χ0v) is 12.3. The van der Waals surface area contributed by atoms with Crippen LogP contribution in [0.5, 0.6) is 0 Å². The third-order valence-corrected chi connectivity index (χ3v) is 3.10. The van der Waals surface area contributed by atoms with Gasteiger partial charge in [-0.3, -0.25) is 0 Å². The molecule has 4 heteroatoms. The van der Waals surface area contributed by atoms with Crippen molar-refractivity contribution >= 4 is 29.7 Å². The summed E-state index contributed by atoms with van der Waals surface area (Å²) in [5, 5.41) is 0.773. The number of benzene rings is 1. The van der Waals surface area contributed by atoms with Crippen molar-refractivity contribution in [2.75, 3.05) is 19.0 Å². The topological polar surface area (TPSA) is 29.3 Å². The minimum absolute atomic E-state index is 0. The molecule has 0 radical (unpaired) electrons. The molecule has 0 aliphatic carbocycles. The molecule has 0 aliphatic rings. The predicted octanol–water partition coefficient (Wildman–Crippen LogP) is 4.02. The first-order valence-corrected chi connectivity index (χ1v) is 6.16. The second kappa shape index (κ2) is 7.80. The van der Waals surface area contributed by atoms with Gasteiger partial charge in [0, 0.05) is 30.8 Å². The first-order chi connectivity index (χ1) is 7.56. The molecule has 0 fully saturated rings. The Kier molecular flexibility index (Phi) is 7.60. The number of hydrogen-bond acceptors (Lipinski definition) is 2. The number of rotatable bonds is 5. The Labute approximate surface area is 116 Å². The Bertz CT molecular complexity index is 340. The second-order valence-corrected chi connectivity index (χ2v) is 4.76. The SMILES string of the molecule is CCCC[C@H](N)c1ccc(N(C)C)cc1Cl.Cl. The average molecular weight is 277 g/mol. The van der Waals surface area contributed by atoms with Gasteiger partial charge in [0.05, 0.1) is 0 Å². The third kappa shape index (κ3) is 4.74. The molecule has 0 spiro atoms. The highest BCUT2D eigenvalue weighted by atomic mass is 35.5. The van der Waals surface area contributed by atoms with Crippen LogP contribution in [0.1, 0.15) is 37.8 Å². The lowest BCUT2D eigenvalue weighted by atomic mass is 10.0. The average Bonchev–Trinajstić information content (AvgIpc) is 2.25. The molecular weight excluding hydrogens is 255 g/mol. The predicted molar refractivity (Wildman–Crippen MR) is 79.5 cm³/mol. The van der Waals surface area contributed by atoms with Crippen LogP contribution in [0.25, 0.3) is 0 Å². The minimum atomic E-state index is 0. The van der Waals surface area contributed by atoms with Crippen LogP contribution in [-0.2, 0) is 0 Å². The first-order valence-electron chi connectivity index (χ1n) is 5.78. The van der Waals surface area contributed by atoms with Gasteiger partial charge in [0.15, 0.2) is 0 Å². The van der Waals surface area contributed by atoms with Crippen molar-refractivity contribution in [1.82, 2.24) is 0 Å². The van der Waals surface area contributed by atoms with E-state index in [4.69, 9.17) is 17.3 Å². The van der Waals surface area contributed by atoms with E-state index in [2.05, 4.69) is 13.0 Å². The summed E-state index contributed by atoms with van der Waals surface area (Å²) >= 11 is 6.24. The molecule has 2 nitrogen and oxygen atoms in total. The zero-order chi connectivity index (χ0) is 12.1.